The maximum absolute atomic E-state index is 12.1. The second-order valence-corrected chi connectivity index (χ2v) is 6.08. The summed E-state index contributed by atoms with van der Waals surface area (Å²) in [4.78, 5) is 24.1. The standard InChI is InChI=1S/C18H23N3O3/c1-10-6-11(2)18(12(3)7-10)20-17(23)9-19-16(22)8-15-13(4)21-24-14(15)5/h6-7H,8-9H2,1-5H3,(H,19,22)(H,20,23). The molecule has 6 heteroatoms. The SMILES string of the molecule is Cc1cc(C)c(NC(=O)CNC(=O)Cc2c(C)noc2C)c(C)c1. The van der Waals surface area contributed by atoms with Crippen molar-refractivity contribution in [1.82, 2.24) is 10.5 Å². The molecular weight excluding hydrogens is 306 g/mol. The molecular formula is C18H23N3O3. The van der Waals surface area contributed by atoms with Crippen molar-refractivity contribution in [2.24, 2.45) is 0 Å². The first-order chi connectivity index (χ1) is 11.3. The van der Waals surface area contributed by atoms with Crippen molar-refractivity contribution < 1.29 is 14.1 Å². The molecule has 0 saturated carbocycles. The summed E-state index contributed by atoms with van der Waals surface area (Å²) in [6.45, 7) is 9.39. The van der Waals surface area contributed by atoms with E-state index >= 15 is 0 Å². The molecule has 0 radical (unpaired) electrons. The molecule has 1 heterocycles. The number of nitrogens with zero attached hydrogens (tertiary/aromatic N) is 1. The Kier molecular flexibility index (Phi) is 5.39. The number of aryl methyl sites for hydroxylation is 5. The molecule has 2 rings (SSSR count). The Labute approximate surface area is 141 Å². The van der Waals surface area contributed by atoms with Gasteiger partial charge in [0.15, 0.2) is 0 Å². The topological polar surface area (TPSA) is 84.2 Å². The summed E-state index contributed by atoms with van der Waals surface area (Å²) in [6.07, 6.45) is 0.150. The van der Waals surface area contributed by atoms with Gasteiger partial charge < -0.3 is 15.2 Å². The highest BCUT2D eigenvalue weighted by atomic mass is 16.5. The van der Waals surface area contributed by atoms with E-state index in [1.165, 1.54) is 0 Å². The largest absolute Gasteiger partial charge is 0.361 e. The van der Waals surface area contributed by atoms with Gasteiger partial charge in [-0.25, -0.2) is 0 Å². The van der Waals surface area contributed by atoms with Gasteiger partial charge in [-0.15, -0.1) is 0 Å². The fraction of sp³-hybridized carbons (Fsp3) is 0.389. The van der Waals surface area contributed by atoms with Crippen LogP contribution in [0.25, 0.3) is 0 Å². The van der Waals surface area contributed by atoms with Crippen molar-refractivity contribution in [3.63, 3.8) is 0 Å². The molecule has 0 atom stereocenters. The van der Waals surface area contributed by atoms with Crippen LogP contribution in [0.3, 0.4) is 0 Å². The van der Waals surface area contributed by atoms with E-state index in [4.69, 9.17) is 4.52 Å². The number of benzene rings is 1. The number of aromatic nitrogens is 1. The van der Waals surface area contributed by atoms with Gasteiger partial charge in [-0.1, -0.05) is 22.9 Å². The molecule has 0 fully saturated rings. The highest BCUT2D eigenvalue weighted by Crippen LogP contribution is 2.21. The van der Waals surface area contributed by atoms with E-state index in [2.05, 4.69) is 15.8 Å². The van der Waals surface area contributed by atoms with Gasteiger partial charge in [-0.2, -0.15) is 0 Å². The maximum Gasteiger partial charge on any atom is 0.243 e. The van der Waals surface area contributed by atoms with Crippen LogP contribution < -0.4 is 10.6 Å². The van der Waals surface area contributed by atoms with Crippen molar-refractivity contribution in [2.45, 2.75) is 41.0 Å². The molecule has 0 saturated heterocycles. The number of carbonyl (C=O) groups is 2. The highest BCUT2D eigenvalue weighted by molar-refractivity contribution is 5.96. The molecule has 0 bridgehead atoms. The second kappa shape index (κ2) is 7.29. The summed E-state index contributed by atoms with van der Waals surface area (Å²) >= 11 is 0. The molecule has 24 heavy (non-hydrogen) atoms. The number of hydrogen-bond donors (Lipinski definition) is 2. The molecule has 0 aliphatic heterocycles. The van der Waals surface area contributed by atoms with Crippen molar-refractivity contribution >= 4 is 17.5 Å². The van der Waals surface area contributed by atoms with Gasteiger partial charge >= 0.3 is 0 Å². The minimum absolute atomic E-state index is 0.0744. The third-order valence-corrected chi connectivity index (χ3v) is 3.91. The number of rotatable bonds is 5. The Bertz CT molecular complexity index is 735. The molecule has 0 spiro atoms. The van der Waals surface area contributed by atoms with E-state index in [1.807, 2.05) is 32.9 Å². The fourth-order valence-electron chi connectivity index (χ4n) is 2.72. The lowest BCUT2D eigenvalue weighted by atomic mass is 10.1. The van der Waals surface area contributed by atoms with Gasteiger partial charge in [-0.05, 0) is 45.7 Å². The zero-order chi connectivity index (χ0) is 17.9. The first-order valence-corrected chi connectivity index (χ1v) is 7.84. The average molecular weight is 329 g/mol. The van der Waals surface area contributed by atoms with Crippen LogP contribution in [0.15, 0.2) is 16.7 Å². The van der Waals surface area contributed by atoms with Crippen molar-refractivity contribution in [3.05, 3.63) is 45.8 Å². The zero-order valence-electron chi connectivity index (χ0n) is 14.7. The molecule has 0 aliphatic carbocycles. The van der Waals surface area contributed by atoms with Crippen LogP contribution in [0.4, 0.5) is 5.69 Å². The molecule has 2 aromatic rings. The lowest BCUT2D eigenvalue weighted by Gasteiger charge is -2.13. The fourth-order valence-corrected chi connectivity index (χ4v) is 2.72. The van der Waals surface area contributed by atoms with Gasteiger partial charge in [0.25, 0.3) is 0 Å². The van der Waals surface area contributed by atoms with Crippen LogP contribution in [0.5, 0.6) is 0 Å². The minimum atomic E-state index is -0.253. The molecule has 1 aromatic heterocycles. The van der Waals surface area contributed by atoms with Crippen LogP contribution in [0.1, 0.15) is 33.7 Å². The van der Waals surface area contributed by atoms with Gasteiger partial charge in [0.2, 0.25) is 11.8 Å². The van der Waals surface area contributed by atoms with E-state index in [9.17, 15) is 9.59 Å². The highest BCUT2D eigenvalue weighted by Gasteiger charge is 2.14. The number of amides is 2. The van der Waals surface area contributed by atoms with Gasteiger partial charge in [0.1, 0.15) is 5.76 Å². The molecule has 128 valence electrons. The van der Waals surface area contributed by atoms with Crippen LogP contribution in [0.2, 0.25) is 0 Å². The van der Waals surface area contributed by atoms with Gasteiger partial charge in [-0.3, -0.25) is 9.59 Å². The predicted octanol–water partition coefficient (Wildman–Crippen LogP) is 2.51. The van der Waals surface area contributed by atoms with Crippen LogP contribution >= 0.6 is 0 Å². The van der Waals surface area contributed by atoms with E-state index in [0.717, 1.165) is 27.9 Å². The first-order valence-electron chi connectivity index (χ1n) is 7.84. The summed E-state index contributed by atoms with van der Waals surface area (Å²) < 4.78 is 5.03. The second-order valence-electron chi connectivity index (χ2n) is 6.08. The predicted molar refractivity (Wildman–Crippen MR) is 92.0 cm³/mol. The lowest BCUT2D eigenvalue weighted by molar-refractivity contribution is -0.123. The first kappa shape index (κ1) is 17.7. The summed E-state index contributed by atoms with van der Waals surface area (Å²) in [5, 5.41) is 9.30. The Morgan fingerprint density at radius 1 is 1.04 bits per heavy atom. The van der Waals surface area contributed by atoms with Crippen molar-refractivity contribution in [3.8, 4) is 0 Å². The van der Waals surface area contributed by atoms with Crippen molar-refractivity contribution in [1.29, 1.82) is 0 Å². The Hall–Kier alpha value is -2.63. The molecule has 0 unspecified atom stereocenters. The van der Waals surface area contributed by atoms with Crippen LogP contribution in [-0.4, -0.2) is 23.5 Å². The molecule has 0 aliphatic rings. The molecule has 2 amide bonds. The smallest absolute Gasteiger partial charge is 0.243 e. The normalized spacial score (nSPS) is 10.5. The van der Waals surface area contributed by atoms with E-state index < -0.39 is 0 Å². The van der Waals surface area contributed by atoms with Crippen LogP contribution in [0, 0.1) is 34.6 Å². The summed E-state index contributed by atoms with van der Waals surface area (Å²) in [6, 6.07) is 4.03. The molecule has 2 N–H and O–H groups in total. The minimum Gasteiger partial charge on any atom is -0.361 e. The Morgan fingerprint density at radius 2 is 1.67 bits per heavy atom. The number of hydrogen-bond acceptors (Lipinski definition) is 4. The third kappa shape index (κ3) is 4.22. The Balaban J connectivity index is 1.91. The number of nitrogens with one attached hydrogen (secondary N) is 2. The maximum atomic E-state index is 12.1. The molecule has 1 aromatic carbocycles. The summed E-state index contributed by atoms with van der Waals surface area (Å²) in [5.74, 6) is 0.132. The third-order valence-electron chi connectivity index (χ3n) is 3.91. The average Bonchev–Trinajstić information content (AvgIpc) is 2.80. The summed E-state index contributed by atoms with van der Waals surface area (Å²) in [7, 11) is 0. The lowest BCUT2D eigenvalue weighted by Crippen LogP contribution is -2.34. The van der Waals surface area contributed by atoms with E-state index in [0.29, 0.717) is 11.5 Å². The van der Waals surface area contributed by atoms with E-state index in [-0.39, 0.29) is 24.8 Å². The number of carbonyl (C=O) groups excluding carboxylic acids is 2. The quantitative estimate of drug-likeness (QED) is 0.883. The van der Waals surface area contributed by atoms with Gasteiger partial charge in [0.05, 0.1) is 18.7 Å². The zero-order valence-corrected chi connectivity index (χ0v) is 14.7. The van der Waals surface area contributed by atoms with Crippen molar-refractivity contribution in [2.75, 3.05) is 11.9 Å². The number of anilines is 1. The Morgan fingerprint density at radius 3 is 2.21 bits per heavy atom. The van der Waals surface area contributed by atoms with Crippen LogP contribution in [-0.2, 0) is 16.0 Å². The summed E-state index contributed by atoms with van der Waals surface area (Å²) in [5.41, 5.74) is 5.41. The molecule has 6 nitrogen and oxygen atoms in total. The monoisotopic (exact) mass is 329 g/mol. The van der Waals surface area contributed by atoms with Gasteiger partial charge in [0, 0.05) is 11.3 Å². The van der Waals surface area contributed by atoms with E-state index in [1.54, 1.807) is 13.8 Å².